The molecule has 0 saturated carbocycles. The highest BCUT2D eigenvalue weighted by Crippen LogP contribution is 2.32. The van der Waals surface area contributed by atoms with Crippen LogP contribution in [0.25, 0.3) is 0 Å². The van der Waals surface area contributed by atoms with Crippen LogP contribution in [0.15, 0.2) is 17.8 Å². The van der Waals surface area contributed by atoms with Crippen LogP contribution in [0.1, 0.15) is 37.5 Å². The number of allylic oxidation sites excluding steroid dienone is 2. The fourth-order valence-electron chi connectivity index (χ4n) is 2.47. The Morgan fingerprint density at radius 2 is 2.45 bits per heavy atom. The first kappa shape index (κ1) is 14.7. The van der Waals surface area contributed by atoms with Gasteiger partial charge in [-0.3, -0.25) is 4.79 Å². The largest absolute Gasteiger partial charge is 0.302 e. The first-order valence-electron chi connectivity index (χ1n) is 6.88. The zero-order chi connectivity index (χ0) is 14.5. The van der Waals surface area contributed by atoms with Gasteiger partial charge in [0.2, 0.25) is 5.91 Å². The predicted octanol–water partition coefficient (Wildman–Crippen LogP) is 3.67. The van der Waals surface area contributed by atoms with E-state index < -0.39 is 0 Å². The molecule has 1 aromatic heterocycles. The Kier molecular flexibility index (Phi) is 4.91. The first-order valence-corrected chi connectivity index (χ1v) is 7.70. The van der Waals surface area contributed by atoms with E-state index in [0.717, 1.165) is 24.1 Å². The summed E-state index contributed by atoms with van der Waals surface area (Å²) in [6, 6.07) is 2.16. The number of hydrogen-bond donors (Lipinski definition) is 1. The van der Waals surface area contributed by atoms with Crippen molar-refractivity contribution in [2.24, 2.45) is 11.8 Å². The molecule has 1 amide bonds. The third-order valence-corrected chi connectivity index (χ3v) is 4.52. The molecule has 4 nitrogen and oxygen atoms in total. The molecule has 20 heavy (non-hydrogen) atoms. The van der Waals surface area contributed by atoms with Gasteiger partial charge in [0.05, 0.1) is 6.07 Å². The van der Waals surface area contributed by atoms with Crippen molar-refractivity contribution in [2.75, 3.05) is 5.32 Å². The van der Waals surface area contributed by atoms with E-state index in [-0.39, 0.29) is 11.8 Å². The summed E-state index contributed by atoms with van der Waals surface area (Å²) in [5, 5.41) is 12.2. The number of carbonyl (C=O) groups excluding carboxylic acids is 1. The van der Waals surface area contributed by atoms with Crippen molar-refractivity contribution >= 4 is 22.4 Å². The molecule has 0 radical (unpaired) electrons. The lowest BCUT2D eigenvalue weighted by molar-refractivity contribution is -0.121. The summed E-state index contributed by atoms with van der Waals surface area (Å²) in [7, 11) is 0. The van der Waals surface area contributed by atoms with Crippen molar-refractivity contribution in [3.63, 3.8) is 0 Å². The van der Waals surface area contributed by atoms with Crippen LogP contribution in [-0.2, 0) is 4.79 Å². The van der Waals surface area contributed by atoms with Gasteiger partial charge in [0, 0.05) is 23.4 Å². The molecule has 1 aromatic rings. The number of nitriles is 1. The number of anilines is 1. The Bertz CT molecular complexity index is 556. The number of rotatable bonds is 4. The van der Waals surface area contributed by atoms with Gasteiger partial charge in [0.25, 0.3) is 0 Å². The lowest BCUT2D eigenvalue weighted by Crippen LogP contribution is -2.30. The summed E-state index contributed by atoms with van der Waals surface area (Å²) in [6.07, 6.45) is 6.94. The normalized spacial score (nSPS) is 21.9. The highest BCUT2D eigenvalue weighted by molar-refractivity contribution is 7.15. The summed E-state index contributed by atoms with van der Waals surface area (Å²) in [6.45, 7) is 4.08. The lowest BCUT2D eigenvalue weighted by atomic mass is 9.79. The second-order valence-corrected chi connectivity index (χ2v) is 6.54. The standard InChI is InChI=1S/C15H19N3OS/c1-10-5-6-12(4-3-7-16)8-13(10)14(19)18-15-17-9-11(2)20-15/h6,9-10,13H,3-5,8H2,1-2H3,(H,17,18,19)/t10-,13-/m1/s1. The third-order valence-electron chi connectivity index (χ3n) is 3.69. The average Bonchev–Trinajstić information content (AvgIpc) is 2.83. The summed E-state index contributed by atoms with van der Waals surface area (Å²) >= 11 is 1.50. The van der Waals surface area contributed by atoms with Gasteiger partial charge in [0.1, 0.15) is 0 Å². The van der Waals surface area contributed by atoms with Crippen molar-refractivity contribution in [1.29, 1.82) is 5.26 Å². The van der Waals surface area contributed by atoms with Gasteiger partial charge in [-0.05, 0) is 32.1 Å². The van der Waals surface area contributed by atoms with Gasteiger partial charge >= 0.3 is 0 Å². The Morgan fingerprint density at radius 1 is 1.65 bits per heavy atom. The van der Waals surface area contributed by atoms with Crippen LogP contribution in [0, 0.1) is 30.1 Å². The predicted molar refractivity (Wildman–Crippen MR) is 80.3 cm³/mol. The second-order valence-electron chi connectivity index (χ2n) is 5.31. The minimum absolute atomic E-state index is 0.0158. The highest BCUT2D eigenvalue weighted by atomic mass is 32.1. The molecule has 0 bridgehead atoms. The number of aryl methyl sites for hydroxylation is 1. The summed E-state index contributed by atoms with van der Waals surface area (Å²) in [5.74, 6) is 0.370. The Balaban J connectivity index is 1.98. The van der Waals surface area contributed by atoms with Crippen LogP contribution in [0.5, 0.6) is 0 Å². The van der Waals surface area contributed by atoms with Gasteiger partial charge < -0.3 is 5.32 Å². The van der Waals surface area contributed by atoms with Crippen LogP contribution in [0.4, 0.5) is 5.13 Å². The molecule has 1 aliphatic carbocycles. The average molecular weight is 289 g/mol. The number of aromatic nitrogens is 1. The molecule has 0 aliphatic heterocycles. The van der Waals surface area contributed by atoms with E-state index in [2.05, 4.69) is 29.4 Å². The van der Waals surface area contributed by atoms with Crippen molar-refractivity contribution in [3.05, 3.63) is 22.7 Å². The van der Waals surface area contributed by atoms with E-state index in [1.165, 1.54) is 16.9 Å². The molecule has 0 aromatic carbocycles. The van der Waals surface area contributed by atoms with Gasteiger partial charge in [-0.25, -0.2) is 4.98 Å². The lowest BCUT2D eigenvalue weighted by Gasteiger charge is -2.27. The van der Waals surface area contributed by atoms with Crippen molar-refractivity contribution < 1.29 is 4.79 Å². The number of amides is 1. The SMILES string of the molecule is Cc1cnc(NC(=O)[C@@H]2CC(CCC#N)=CC[C@H]2C)s1. The number of nitrogens with zero attached hydrogens (tertiary/aromatic N) is 2. The molecule has 1 heterocycles. The molecule has 1 aliphatic rings. The Morgan fingerprint density at radius 3 is 3.10 bits per heavy atom. The van der Waals surface area contributed by atoms with E-state index in [9.17, 15) is 4.79 Å². The van der Waals surface area contributed by atoms with Crippen LogP contribution in [0.3, 0.4) is 0 Å². The Hall–Kier alpha value is -1.67. The fourth-order valence-corrected chi connectivity index (χ4v) is 3.13. The second kappa shape index (κ2) is 6.67. The molecular weight excluding hydrogens is 270 g/mol. The Labute approximate surface area is 123 Å². The molecule has 106 valence electrons. The summed E-state index contributed by atoms with van der Waals surface area (Å²) in [4.78, 5) is 17.6. The zero-order valence-corrected chi connectivity index (χ0v) is 12.7. The molecule has 1 N–H and O–H groups in total. The van der Waals surface area contributed by atoms with Crippen LogP contribution < -0.4 is 5.32 Å². The number of thiazole rings is 1. The van der Waals surface area contributed by atoms with Gasteiger partial charge in [-0.2, -0.15) is 5.26 Å². The fraction of sp³-hybridized carbons (Fsp3) is 0.533. The quantitative estimate of drug-likeness (QED) is 0.860. The first-order chi connectivity index (χ1) is 9.60. The van der Waals surface area contributed by atoms with Crippen LogP contribution in [-0.4, -0.2) is 10.9 Å². The third kappa shape index (κ3) is 3.67. The minimum Gasteiger partial charge on any atom is -0.302 e. The van der Waals surface area contributed by atoms with E-state index in [4.69, 9.17) is 5.26 Å². The van der Waals surface area contributed by atoms with Crippen molar-refractivity contribution in [2.45, 2.75) is 39.5 Å². The molecule has 2 atom stereocenters. The maximum Gasteiger partial charge on any atom is 0.229 e. The van der Waals surface area contributed by atoms with Crippen LogP contribution >= 0.6 is 11.3 Å². The minimum atomic E-state index is -0.0158. The smallest absolute Gasteiger partial charge is 0.229 e. The van der Waals surface area contributed by atoms with Crippen molar-refractivity contribution in [3.8, 4) is 6.07 Å². The molecule has 0 spiro atoms. The van der Waals surface area contributed by atoms with E-state index in [1.807, 2.05) is 6.92 Å². The summed E-state index contributed by atoms with van der Waals surface area (Å²) in [5.41, 5.74) is 1.24. The molecular formula is C15H19N3OS. The van der Waals surface area contributed by atoms with Crippen LogP contribution in [0.2, 0.25) is 0 Å². The van der Waals surface area contributed by atoms with Gasteiger partial charge in [0.15, 0.2) is 5.13 Å². The number of carbonyl (C=O) groups is 1. The zero-order valence-electron chi connectivity index (χ0n) is 11.8. The molecule has 0 saturated heterocycles. The van der Waals surface area contributed by atoms with Crippen molar-refractivity contribution in [1.82, 2.24) is 4.98 Å². The monoisotopic (exact) mass is 289 g/mol. The molecule has 0 unspecified atom stereocenters. The maximum absolute atomic E-state index is 12.4. The van der Waals surface area contributed by atoms with Gasteiger partial charge in [-0.1, -0.05) is 18.6 Å². The van der Waals surface area contributed by atoms with E-state index in [1.54, 1.807) is 6.20 Å². The van der Waals surface area contributed by atoms with Gasteiger partial charge in [-0.15, -0.1) is 11.3 Å². The molecule has 0 fully saturated rings. The molecule has 5 heteroatoms. The maximum atomic E-state index is 12.4. The van der Waals surface area contributed by atoms with E-state index in [0.29, 0.717) is 17.5 Å². The topological polar surface area (TPSA) is 65.8 Å². The highest BCUT2D eigenvalue weighted by Gasteiger charge is 2.29. The molecule has 2 rings (SSSR count). The number of nitrogens with one attached hydrogen (secondary N) is 1. The summed E-state index contributed by atoms with van der Waals surface area (Å²) < 4.78 is 0. The van der Waals surface area contributed by atoms with E-state index >= 15 is 0 Å². The number of hydrogen-bond acceptors (Lipinski definition) is 4.